The van der Waals surface area contributed by atoms with Gasteiger partial charge in [0.25, 0.3) is 0 Å². The van der Waals surface area contributed by atoms with Crippen molar-refractivity contribution in [1.29, 1.82) is 0 Å². The van der Waals surface area contributed by atoms with Crippen molar-refractivity contribution < 1.29 is 13.5 Å². The van der Waals surface area contributed by atoms with E-state index in [4.69, 9.17) is 4.74 Å². The number of methoxy groups -OCH3 is 1. The van der Waals surface area contributed by atoms with Crippen molar-refractivity contribution in [3.8, 4) is 5.75 Å². The highest BCUT2D eigenvalue weighted by molar-refractivity contribution is 9.10. The molecule has 1 heterocycles. The molecule has 1 saturated heterocycles. The summed E-state index contributed by atoms with van der Waals surface area (Å²) in [6.07, 6.45) is 1.75. The van der Waals surface area contributed by atoms with Gasteiger partial charge in [-0.1, -0.05) is 0 Å². The Labute approximate surface area is 101 Å². The fourth-order valence-corrected chi connectivity index (χ4v) is 2.46. The van der Waals surface area contributed by atoms with Crippen LogP contribution in [0.1, 0.15) is 24.4 Å². The van der Waals surface area contributed by atoms with E-state index in [1.54, 1.807) is 0 Å². The van der Waals surface area contributed by atoms with Gasteiger partial charge >= 0.3 is 0 Å². The van der Waals surface area contributed by atoms with E-state index in [2.05, 4.69) is 21.2 Å². The van der Waals surface area contributed by atoms with Gasteiger partial charge in [0.2, 0.25) is 0 Å². The van der Waals surface area contributed by atoms with Gasteiger partial charge in [0.1, 0.15) is 5.82 Å². The lowest BCUT2D eigenvalue weighted by atomic mass is 10.0. The van der Waals surface area contributed by atoms with Crippen molar-refractivity contribution in [2.75, 3.05) is 13.7 Å². The average molecular weight is 292 g/mol. The minimum atomic E-state index is -0.542. The van der Waals surface area contributed by atoms with Crippen molar-refractivity contribution in [3.05, 3.63) is 27.7 Å². The molecule has 1 aliphatic heterocycles. The Kier molecular flexibility index (Phi) is 3.44. The van der Waals surface area contributed by atoms with E-state index in [9.17, 15) is 8.78 Å². The maximum atomic E-state index is 13.9. The van der Waals surface area contributed by atoms with Crippen LogP contribution in [0.5, 0.6) is 5.75 Å². The lowest BCUT2D eigenvalue weighted by molar-refractivity contribution is 0.368. The van der Waals surface area contributed by atoms with Crippen LogP contribution in [0.3, 0.4) is 0 Å². The van der Waals surface area contributed by atoms with Gasteiger partial charge in [-0.25, -0.2) is 8.78 Å². The van der Waals surface area contributed by atoms with Crippen LogP contribution in [-0.4, -0.2) is 13.7 Å². The number of rotatable bonds is 2. The van der Waals surface area contributed by atoms with E-state index in [1.165, 1.54) is 7.11 Å². The molecule has 1 aromatic carbocycles. The SMILES string of the molecule is COc1c(F)cc(Br)c(F)c1C1CCCN1. The van der Waals surface area contributed by atoms with Crippen LogP contribution in [0.2, 0.25) is 0 Å². The molecule has 1 fully saturated rings. The summed E-state index contributed by atoms with van der Waals surface area (Å²) >= 11 is 3.01. The molecule has 0 radical (unpaired) electrons. The molecular formula is C11H12BrF2NO. The first kappa shape index (κ1) is 11.8. The second kappa shape index (κ2) is 4.67. The van der Waals surface area contributed by atoms with E-state index in [0.29, 0.717) is 0 Å². The molecule has 0 aliphatic carbocycles. The third kappa shape index (κ3) is 1.94. The van der Waals surface area contributed by atoms with E-state index in [-0.39, 0.29) is 21.8 Å². The van der Waals surface area contributed by atoms with Gasteiger partial charge in [-0.05, 0) is 41.4 Å². The Hall–Kier alpha value is -0.680. The molecule has 1 aliphatic rings. The molecule has 0 saturated carbocycles. The summed E-state index contributed by atoms with van der Waals surface area (Å²) in [6, 6.07) is 0.925. The number of nitrogens with one attached hydrogen (secondary N) is 1. The summed E-state index contributed by atoms with van der Waals surface area (Å²) in [5.74, 6) is -0.989. The molecule has 0 amide bonds. The summed E-state index contributed by atoms with van der Waals surface area (Å²) in [7, 11) is 1.35. The van der Waals surface area contributed by atoms with Crippen LogP contribution in [0.15, 0.2) is 10.5 Å². The van der Waals surface area contributed by atoms with E-state index < -0.39 is 11.6 Å². The fraction of sp³-hybridized carbons (Fsp3) is 0.455. The maximum Gasteiger partial charge on any atom is 0.166 e. The van der Waals surface area contributed by atoms with Crippen LogP contribution in [0.4, 0.5) is 8.78 Å². The molecule has 1 N–H and O–H groups in total. The van der Waals surface area contributed by atoms with Crippen molar-refractivity contribution >= 4 is 15.9 Å². The smallest absolute Gasteiger partial charge is 0.166 e. The average Bonchev–Trinajstić information content (AvgIpc) is 2.76. The van der Waals surface area contributed by atoms with E-state index >= 15 is 0 Å². The number of benzene rings is 1. The standard InChI is InChI=1S/C11H12BrF2NO/c1-16-11-7(13)5-6(12)10(14)9(11)8-3-2-4-15-8/h5,8,15H,2-4H2,1H3. The summed E-state index contributed by atoms with van der Waals surface area (Å²) in [6.45, 7) is 0.821. The number of hydrogen-bond acceptors (Lipinski definition) is 2. The van der Waals surface area contributed by atoms with Gasteiger partial charge in [-0.2, -0.15) is 0 Å². The fourth-order valence-electron chi connectivity index (χ4n) is 2.05. The van der Waals surface area contributed by atoms with E-state index in [0.717, 1.165) is 25.5 Å². The molecule has 1 aromatic rings. The zero-order valence-corrected chi connectivity index (χ0v) is 10.4. The minimum Gasteiger partial charge on any atom is -0.493 e. The minimum absolute atomic E-state index is 0.0000926. The highest BCUT2D eigenvalue weighted by Gasteiger charge is 2.27. The lowest BCUT2D eigenvalue weighted by Crippen LogP contribution is -2.16. The molecule has 2 rings (SSSR count). The van der Waals surface area contributed by atoms with Crippen molar-refractivity contribution in [2.24, 2.45) is 0 Å². The number of hydrogen-bond donors (Lipinski definition) is 1. The maximum absolute atomic E-state index is 13.9. The Morgan fingerprint density at radius 3 is 2.81 bits per heavy atom. The molecule has 1 unspecified atom stereocenters. The first-order chi connectivity index (χ1) is 7.65. The number of halogens is 3. The molecule has 0 bridgehead atoms. The molecule has 88 valence electrons. The van der Waals surface area contributed by atoms with Crippen molar-refractivity contribution in [3.63, 3.8) is 0 Å². The highest BCUT2D eigenvalue weighted by Crippen LogP contribution is 2.38. The normalized spacial score (nSPS) is 20.1. The zero-order valence-electron chi connectivity index (χ0n) is 8.82. The van der Waals surface area contributed by atoms with Gasteiger partial charge < -0.3 is 10.1 Å². The Morgan fingerprint density at radius 2 is 2.25 bits per heavy atom. The third-order valence-corrected chi connectivity index (χ3v) is 3.35. The summed E-state index contributed by atoms with van der Waals surface area (Å²) < 4.78 is 32.6. The third-order valence-electron chi connectivity index (χ3n) is 2.77. The Balaban J connectivity index is 2.54. The summed E-state index contributed by atoms with van der Waals surface area (Å²) in [5, 5.41) is 3.14. The Morgan fingerprint density at radius 1 is 1.50 bits per heavy atom. The van der Waals surface area contributed by atoms with Gasteiger partial charge in [0.15, 0.2) is 11.6 Å². The molecule has 1 atom stereocenters. The largest absolute Gasteiger partial charge is 0.493 e. The first-order valence-corrected chi connectivity index (χ1v) is 5.89. The van der Waals surface area contributed by atoms with Crippen molar-refractivity contribution in [1.82, 2.24) is 5.32 Å². The molecule has 16 heavy (non-hydrogen) atoms. The zero-order chi connectivity index (χ0) is 11.7. The van der Waals surface area contributed by atoms with Crippen molar-refractivity contribution in [2.45, 2.75) is 18.9 Å². The molecule has 2 nitrogen and oxygen atoms in total. The molecule has 0 aromatic heterocycles. The number of ether oxygens (including phenoxy) is 1. The molecule has 5 heteroatoms. The van der Waals surface area contributed by atoms with Gasteiger partial charge in [0, 0.05) is 6.04 Å². The predicted octanol–water partition coefficient (Wildman–Crippen LogP) is 3.16. The van der Waals surface area contributed by atoms with Crippen LogP contribution >= 0.6 is 15.9 Å². The second-order valence-electron chi connectivity index (χ2n) is 3.75. The summed E-state index contributed by atoms with van der Waals surface area (Å²) in [4.78, 5) is 0. The predicted molar refractivity (Wildman–Crippen MR) is 60.6 cm³/mol. The van der Waals surface area contributed by atoms with Gasteiger partial charge in [-0.15, -0.1) is 0 Å². The summed E-state index contributed by atoms with van der Waals surface area (Å²) in [5.41, 5.74) is 0.284. The monoisotopic (exact) mass is 291 g/mol. The second-order valence-corrected chi connectivity index (χ2v) is 4.60. The van der Waals surface area contributed by atoms with E-state index in [1.807, 2.05) is 0 Å². The first-order valence-electron chi connectivity index (χ1n) is 5.10. The highest BCUT2D eigenvalue weighted by atomic mass is 79.9. The van der Waals surface area contributed by atoms with Crippen LogP contribution in [0.25, 0.3) is 0 Å². The van der Waals surface area contributed by atoms with Gasteiger partial charge in [-0.3, -0.25) is 0 Å². The van der Waals surface area contributed by atoms with Crippen LogP contribution in [-0.2, 0) is 0 Å². The molecular weight excluding hydrogens is 280 g/mol. The van der Waals surface area contributed by atoms with Crippen LogP contribution in [0, 0.1) is 11.6 Å². The molecule has 0 spiro atoms. The van der Waals surface area contributed by atoms with Gasteiger partial charge in [0.05, 0.1) is 17.1 Å². The Bertz CT molecular complexity index is 405. The quantitative estimate of drug-likeness (QED) is 0.845. The van der Waals surface area contributed by atoms with Crippen LogP contribution < -0.4 is 10.1 Å². The lowest BCUT2D eigenvalue weighted by Gasteiger charge is -2.17. The topological polar surface area (TPSA) is 21.3 Å².